The zero-order chi connectivity index (χ0) is 17.9. The lowest BCUT2D eigenvalue weighted by Crippen LogP contribution is -2.48. The minimum Gasteiger partial charge on any atom is -0.382 e. The zero-order valence-corrected chi connectivity index (χ0v) is 13.8. The summed E-state index contributed by atoms with van der Waals surface area (Å²) in [5.41, 5.74) is -0.0682. The van der Waals surface area contributed by atoms with Gasteiger partial charge in [-0.05, 0) is 31.0 Å². The molecule has 130 valence electrons. The van der Waals surface area contributed by atoms with Crippen molar-refractivity contribution in [2.24, 2.45) is 0 Å². The molecule has 1 saturated heterocycles. The van der Waals surface area contributed by atoms with Crippen molar-refractivity contribution in [3.05, 3.63) is 35.1 Å². The predicted octanol–water partition coefficient (Wildman–Crippen LogP) is 0.707. The first kappa shape index (κ1) is 17.9. The van der Waals surface area contributed by atoms with Crippen molar-refractivity contribution < 1.29 is 23.5 Å². The van der Waals surface area contributed by atoms with Gasteiger partial charge < -0.3 is 15.4 Å². The molecule has 0 bridgehead atoms. The summed E-state index contributed by atoms with van der Waals surface area (Å²) >= 11 is 0. The summed E-state index contributed by atoms with van der Waals surface area (Å²) in [6, 6.07) is 4.00. The molecule has 1 fully saturated rings. The summed E-state index contributed by atoms with van der Waals surface area (Å²) in [5.74, 6) is -1.39. The Kier molecular flexibility index (Phi) is 5.18. The molecule has 1 atom stereocenters. The van der Waals surface area contributed by atoms with E-state index in [1.165, 1.54) is 20.1 Å². The van der Waals surface area contributed by atoms with E-state index in [4.69, 9.17) is 4.74 Å². The van der Waals surface area contributed by atoms with Crippen LogP contribution >= 0.6 is 0 Å². The van der Waals surface area contributed by atoms with Crippen LogP contribution in [0.15, 0.2) is 18.2 Å². The third kappa shape index (κ3) is 3.70. The van der Waals surface area contributed by atoms with Crippen molar-refractivity contribution in [2.45, 2.75) is 25.9 Å². The largest absolute Gasteiger partial charge is 0.382 e. The topological polar surface area (TPSA) is 87.7 Å². The molecule has 1 aliphatic rings. The average molecular weight is 337 g/mol. The van der Waals surface area contributed by atoms with Gasteiger partial charge in [0.1, 0.15) is 17.9 Å². The lowest BCUT2D eigenvalue weighted by atomic mass is 10.0. The van der Waals surface area contributed by atoms with Crippen molar-refractivity contribution >= 4 is 17.8 Å². The number of amides is 4. The number of hydrogen-bond donors (Lipinski definition) is 2. The number of rotatable bonds is 6. The Hall–Kier alpha value is -2.48. The van der Waals surface area contributed by atoms with Crippen LogP contribution in [0.3, 0.4) is 0 Å². The first-order valence-electron chi connectivity index (χ1n) is 7.41. The molecule has 4 amide bonds. The van der Waals surface area contributed by atoms with E-state index in [9.17, 15) is 18.8 Å². The number of halogens is 1. The number of ether oxygens (including phenoxy) is 1. The number of urea groups is 1. The van der Waals surface area contributed by atoms with Crippen molar-refractivity contribution in [1.29, 1.82) is 0 Å². The fourth-order valence-corrected chi connectivity index (χ4v) is 2.42. The molecule has 0 spiro atoms. The molecule has 1 heterocycles. The molecule has 1 aromatic rings. The van der Waals surface area contributed by atoms with Gasteiger partial charge in [-0.15, -0.1) is 0 Å². The van der Waals surface area contributed by atoms with E-state index in [1.54, 1.807) is 19.1 Å². The lowest BCUT2D eigenvalue weighted by molar-refractivity contribution is -0.135. The van der Waals surface area contributed by atoms with Gasteiger partial charge in [-0.3, -0.25) is 14.5 Å². The summed E-state index contributed by atoms with van der Waals surface area (Å²) in [4.78, 5) is 36.9. The Morgan fingerprint density at radius 1 is 1.42 bits per heavy atom. The molecular weight excluding hydrogens is 317 g/mol. The van der Waals surface area contributed by atoms with E-state index in [2.05, 4.69) is 10.6 Å². The Morgan fingerprint density at radius 2 is 2.12 bits per heavy atom. The number of carbonyl (C=O) groups excluding carboxylic acids is 3. The van der Waals surface area contributed by atoms with Gasteiger partial charge in [0.25, 0.3) is 5.91 Å². The molecule has 7 nitrogen and oxygen atoms in total. The maximum atomic E-state index is 13.5. The Balaban J connectivity index is 1.93. The summed E-state index contributed by atoms with van der Waals surface area (Å²) in [6.07, 6.45) is 0. The minimum absolute atomic E-state index is 0.0122. The van der Waals surface area contributed by atoms with E-state index in [0.29, 0.717) is 11.1 Å². The first-order valence-corrected chi connectivity index (χ1v) is 7.41. The standard InChI is InChI=1S/C16H20FN3O4/c1-10-4-5-11(6-12(10)17)7-18-13(21)8-20-14(22)16(2,9-24-3)19-15(20)23/h4-6H,7-9H2,1-3H3,(H,18,21)(H,19,23)/t16-/m1/s1. The van der Waals surface area contributed by atoms with E-state index < -0.39 is 29.9 Å². The van der Waals surface area contributed by atoms with Gasteiger partial charge in [0.2, 0.25) is 5.91 Å². The molecule has 2 N–H and O–H groups in total. The molecule has 0 unspecified atom stereocenters. The second kappa shape index (κ2) is 6.96. The highest BCUT2D eigenvalue weighted by atomic mass is 19.1. The number of benzene rings is 1. The van der Waals surface area contributed by atoms with Gasteiger partial charge in [0, 0.05) is 13.7 Å². The third-order valence-corrected chi connectivity index (χ3v) is 3.81. The second-order valence-corrected chi connectivity index (χ2v) is 5.95. The maximum Gasteiger partial charge on any atom is 0.325 e. The molecule has 24 heavy (non-hydrogen) atoms. The van der Waals surface area contributed by atoms with Crippen molar-refractivity contribution in [3.8, 4) is 0 Å². The molecule has 1 aromatic carbocycles. The Morgan fingerprint density at radius 3 is 2.75 bits per heavy atom. The molecule has 0 saturated carbocycles. The summed E-state index contributed by atoms with van der Waals surface area (Å²) in [6.45, 7) is 2.89. The van der Waals surface area contributed by atoms with Gasteiger partial charge in [-0.25, -0.2) is 9.18 Å². The number of carbonyl (C=O) groups is 3. The molecule has 2 rings (SSSR count). The Labute approximate surface area is 139 Å². The number of nitrogens with one attached hydrogen (secondary N) is 2. The van der Waals surface area contributed by atoms with Crippen LogP contribution in [0.2, 0.25) is 0 Å². The predicted molar refractivity (Wildman–Crippen MR) is 83.5 cm³/mol. The summed E-state index contributed by atoms with van der Waals surface area (Å²) in [5, 5.41) is 5.07. The molecular formula is C16H20FN3O4. The van der Waals surface area contributed by atoms with Crippen LogP contribution in [0.1, 0.15) is 18.1 Å². The number of nitrogens with zero attached hydrogens (tertiary/aromatic N) is 1. The SMILES string of the molecule is COC[C@@]1(C)NC(=O)N(CC(=O)NCc2ccc(C)c(F)c2)C1=O. The van der Waals surface area contributed by atoms with Gasteiger partial charge in [-0.2, -0.15) is 0 Å². The number of methoxy groups -OCH3 is 1. The van der Waals surface area contributed by atoms with E-state index in [0.717, 1.165) is 4.90 Å². The molecule has 1 aliphatic heterocycles. The quantitative estimate of drug-likeness (QED) is 0.748. The van der Waals surface area contributed by atoms with E-state index >= 15 is 0 Å². The monoisotopic (exact) mass is 337 g/mol. The maximum absolute atomic E-state index is 13.5. The zero-order valence-electron chi connectivity index (χ0n) is 13.8. The first-order chi connectivity index (χ1) is 11.3. The van der Waals surface area contributed by atoms with Crippen LogP contribution < -0.4 is 10.6 Å². The van der Waals surface area contributed by atoms with Crippen LogP contribution in [-0.4, -0.2) is 48.5 Å². The molecule has 0 aromatic heterocycles. The highest BCUT2D eigenvalue weighted by molar-refractivity contribution is 6.08. The smallest absolute Gasteiger partial charge is 0.325 e. The van der Waals surface area contributed by atoms with Gasteiger partial charge in [0.15, 0.2) is 0 Å². The molecule has 8 heteroatoms. The fourth-order valence-electron chi connectivity index (χ4n) is 2.42. The number of aryl methyl sites for hydroxylation is 1. The highest BCUT2D eigenvalue weighted by Crippen LogP contribution is 2.17. The number of imide groups is 1. The van der Waals surface area contributed by atoms with Crippen molar-refractivity contribution in [1.82, 2.24) is 15.5 Å². The van der Waals surface area contributed by atoms with E-state index in [-0.39, 0.29) is 19.0 Å². The van der Waals surface area contributed by atoms with Crippen LogP contribution in [-0.2, 0) is 20.9 Å². The molecule has 0 aliphatic carbocycles. The van der Waals surface area contributed by atoms with Crippen molar-refractivity contribution in [3.63, 3.8) is 0 Å². The van der Waals surface area contributed by atoms with Crippen molar-refractivity contribution in [2.75, 3.05) is 20.3 Å². The average Bonchev–Trinajstić information content (AvgIpc) is 2.72. The van der Waals surface area contributed by atoms with E-state index in [1.807, 2.05) is 0 Å². The van der Waals surface area contributed by atoms with Gasteiger partial charge >= 0.3 is 6.03 Å². The highest BCUT2D eigenvalue weighted by Gasteiger charge is 2.48. The van der Waals surface area contributed by atoms with Crippen LogP contribution in [0.4, 0.5) is 9.18 Å². The normalized spacial score (nSPS) is 20.2. The molecule has 0 radical (unpaired) electrons. The lowest BCUT2D eigenvalue weighted by Gasteiger charge is -2.20. The van der Waals surface area contributed by atoms with Crippen LogP contribution in [0.5, 0.6) is 0 Å². The van der Waals surface area contributed by atoms with Gasteiger partial charge in [-0.1, -0.05) is 12.1 Å². The third-order valence-electron chi connectivity index (χ3n) is 3.81. The Bertz CT molecular complexity index is 679. The van der Waals surface area contributed by atoms with Gasteiger partial charge in [0.05, 0.1) is 6.61 Å². The minimum atomic E-state index is -1.17. The second-order valence-electron chi connectivity index (χ2n) is 5.95. The summed E-state index contributed by atoms with van der Waals surface area (Å²) in [7, 11) is 1.42. The fraction of sp³-hybridized carbons (Fsp3) is 0.438. The summed E-state index contributed by atoms with van der Waals surface area (Å²) < 4.78 is 18.4. The van der Waals surface area contributed by atoms with Crippen LogP contribution in [0, 0.1) is 12.7 Å². The van der Waals surface area contributed by atoms with Crippen LogP contribution in [0.25, 0.3) is 0 Å². The number of hydrogen-bond acceptors (Lipinski definition) is 4.